The van der Waals surface area contributed by atoms with E-state index < -0.39 is 17.5 Å². The van der Waals surface area contributed by atoms with E-state index in [0.717, 1.165) is 11.1 Å². The van der Waals surface area contributed by atoms with Gasteiger partial charge in [0.15, 0.2) is 6.10 Å². The van der Waals surface area contributed by atoms with Gasteiger partial charge in [0.2, 0.25) is 0 Å². The van der Waals surface area contributed by atoms with Crippen LogP contribution in [0.25, 0.3) is 5.52 Å². The maximum atomic E-state index is 13.4. The third-order valence-corrected chi connectivity index (χ3v) is 5.30. The van der Waals surface area contributed by atoms with Gasteiger partial charge < -0.3 is 13.9 Å². The highest BCUT2D eigenvalue weighted by Gasteiger charge is 2.36. The number of hydrogen-bond donors (Lipinski definition) is 0. The van der Waals surface area contributed by atoms with Crippen LogP contribution in [-0.4, -0.2) is 22.9 Å². The molecule has 170 valence electrons. The standard InChI is InChI=1S/C27H33NO4/c1-7-31-24(29)20-16-21-14-11-15-28(21)22(17-20)23(19-12-9-8-10-13-19)32-25(30)27(5,6)18-26(2,3)4/h8-17,23H,7,18H2,1-6H3. The lowest BCUT2D eigenvalue weighted by Crippen LogP contribution is -2.32. The van der Waals surface area contributed by atoms with Crippen LogP contribution in [0.3, 0.4) is 0 Å². The van der Waals surface area contributed by atoms with Crippen LogP contribution in [0.15, 0.2) is 60.8 Å². The van der Waals surface area contributed by atoms with Gasteiger partial charge in [0.05, 0.1) is 23.3 Å². The Labute approximate surface area is 190 Å². The maximum absolute atomic E-state index is 13.4. The van der Waals surface area contributed by atoms with Gasteiger partial charge >= 0.3 is 11.9 Å². The van der Waals surface area contributed by atoms with Gasteiger partial charge in [-0.3, -0.25) is 4.79 Å². The molecule has 0 amide bonds. The predicted octanol–water partition coefficient (Wildman–Crippen LogP) is 6.21. The summed E-state index contributed by atoms with van der Waals surface area (Å²) in [5.74, 6) is -0.674. The number of esters is 2. The second-order valence-corrected chi connectivity index (χ2v) is 10.0. The van der Waals surface area contributed by atoms with Crippen molar-refractivity contribution in [3.63, 3.8) is 0 Å². The zero-order valence-electron chi connectivity index (χ0n) is 19.8. The Bertz CT molecular complexity index is 1090. The zero-order chi connectivity index (χ0) is 23.5. The summed E-state index contributed by atoms with van der Waals surface area (Å²) < 4.78 is 13.4. The smallest absolute Gasteiger partial charge is 0.338 e. The molecule has 0 aliphatic rings. The van der Waals surface area contributed by atoms with Crippen molar-refractivity contribution in [2.24, 2.45) is 10.8 Å². The Balaban J connectivity index is 2.10. The van der Waals surface area contributed by atoms with Gasteiger partial charge in [-0.15, -0.1) is 0 Å². The Kier molecular flexibility index (Phi) is 6.77. The van der Waals surface area contributed by atoms with E-state index in [1.54, 1.807) is 19.1 Å². The van der Waals surface area contributed by atoms with Crippen LogP contribution in [0.5, 0.6) is 0 Å². The van der Waals surface area contributed by atoms with Gasteiger partial charge in [0.1, 0.15) is 0 Å². The molecule has 0 saturated heterocycles. The van der Waals surface area contributed by atoms with E-state index in [1.807, 2.05) is 66.9 Å². The molecule has 0 bridgehead atoms. The van der Waals surface area contributed by atoms with Crippen molar-refractivity contribution >= 4 is 17.5 Å². The molecule has 1 aromatic carbocycles. The lowest BCUT2D eigenvalue weighted by molar-refractivity contribution is -0.160. The van der Waals surface area contributed by atoms with Crippen LogP contribution >= 0.6 is 0 Å². The van der Waals surface area contributed by atoms with Crippen molar-refractivity contribution in [2.75, 3.05) is 6.61 Å². The number of carbonyl (C=O) groups excluding carboxylic acids is 2. The average molecular weight is 436 g/mol. The number of ether oxygens (including phenoxy) is 2. The van der Waals surface area contributed by atoms with Crippen LogP contribution in [-0.2, 0) is 14.3 Å². The van der Waals surface area contributed by atoms with E-state index in [2.05, 4.69) is 20.8 Å². The van der Waals surface area contributed by atoms with Gasteiger partial charge in [-0.25, -0.2) is 4.79 Å². The van der Waals surface area contributed by atoms with E-state index in [4.69, 9.17) is 9.47 Å². The van der Waals surface area contributed by atoms with Crippen LogP contribution < -0.4 is 0 Å². The molecule has 0 saturated carbocycles. The lowest BCUT2D eigenvalue weighted by Gasteiger charge is -2.32. The van der Waals surface area contributed by atoms with Crippen molar-refractivity contribution in [3.8, 4) is 0 Å². The molecule has 32 heavy (non-hydrogen) atoms. The summed E-state index contributed by atoms with van der Waals surface area (Å²) in [7, 11) is 0. The van der Waals surface area contributed by atoms with Crippen LogP contribution in [0.1, 0.15) is 75.7 Å². The summed E-state index contributed by atoms with van der Waals surface area (Å²) in [5.41, 5.74) is 2.10. The summed E-state index contributed by atoms with van der Waals surface area (Å²) in [4.78, 5) is 25.9. The average Bonchev–Trinajstić information content (AvgIpc) is 3.19. The molecule has 2 heterocycles. The highest BCUT2D eigenvalue weighted by molar-refractivity contribution is 5.91. The Morgan fingerprint density at radius 2 is 1.66 bits per heavy atom. The largest absolute Gasteiger partial charge is 0.462 e. The molecular formula is C27H33NO4. The Morgan fingerprint density at radius 3 is 2.28 bits per heavy atom. The molecule has 0 radical (unpaired) electrons. The van der Waals surface area contributed by atoms with E-state index in [9.17, 15) is 9.59 Å². The molecule has 0 N–H and O–H groups in total. The minimum atomic E-state index is -0.674. The first-order valence-corrected chi connectivity index (χ1v) is 11.1. The normalized spacial score (nSPS) is 13.1. The number of carbonyl (C=O) groups is 2. The summed E-state index contributed by atoms with van der Waals surface area (Å²) >= 11 is 0. The third-order valence-electron chi connectivity index (χ3n) is 5.30. The molecule has 0 fully saturated rings. The molecule has 0 aliphatic heterocycles. The fraction of sp³-hybridized carbons (Fsp3) is 0.407. The second kappa shape index (κ2) is 9.19. The molecular weight excluding hydrogens is 402 g/mol. The van der Waals surface area contributed by atoms with Crippen LogP contribution in [0.2, 0.25) is 0 Å². The quantitative estimate of drug-likeness (QED) is 0.414. The van der Waals surface area contributed by atoms with Gasteiger partial charge in [0.25, 0.3) is 0 Å². The van der Waals surface area contributed by atoms with Crippen LogP contribution in [0.4, 0.5) is 0 Å². The summed E-state index contributed by atoms with van der Waals surface area (Å²) in [6.07, 6.45) is 1.92. The first-order valence-electron chi connectivity index (χ1n) is 11.1. The number of pyridine rings is 1. The highest BCUT2D eigenvalue weighted by atomic mass is 16.5. The molecule has 0 spiro atoms. The van der Waals surface area contributed by atoms with Crippen LogP contribution in [0, 0.1) is 10.8 Å². The topological polar surface area (TPSA) is 57.0 Å². The van der Waals surface area contributed by atoms with E-state index in [0.29, 0.717) is 24.3 Å². The van der Waals surface area contributed by atoms with Gasteiger partial charge in [-0.2, -0.15) is 0 Å². The van der Waals surface area contributed by atoms with Crippen molar-refractivity contribution < 1.29 is 19.1 Å². The first kappa shape index (κ1) is 23.6. The predicted molar refractivity (Wildman–Crippen MR) is 126 cm³/mol. The summed E-state index contributed by atoms with van der Waals surface area (Å²) in [6.45, 7) is 12.2. The summed E-state index contributed by atoms with van der Waals surface area (Å²) in [5, 5.41) is 0. The van der Waals surface area contributed by atoms with Crippen molar-refractivity contribution in [2.45, 2.75) is 54.1 Å². The van der Waals surface area contributed by atoms with Gasteiger partial charge in [-0.05, 0) is 62.4 Å². The minimum absolute atomic E-state index is 0.0255. The fourth-order valence-electron chi connectivity index (χ4n) is 4.30. The molecule has 0 aliphatic carbocycles. The van der Waals surface area contributed by atoms with E-state index in [-0.39, 0.29) is 11.4 Å². The number of hydrogen-bond acceptors (Lipinski definition) is 4. The molecule has 2 aromatic heterocycles. The summed E-state index contributed by atoms with van der Waals surface area (Å²) in [6, 6.07) is 17.0. The van der Waals surface area contributed by atoms with Gasteiger partial charge in [0, 0.05) is 11.7 Å². The maximum Gasteiger partial charge on any atom is 0.338 e. The monoisotopic (exact) mass is 435 g/mol. The number of benzene rings is 1. The van der Waals surface area contributed by atoms with Crippen molar-refractivity contribution in [3.05, 3.63) is 77.6 Å². The number of nitrogens with zero attached hydrogens (tertiary/aromatic N) is 1. The third kappa shape index (κ3) is 5.39. The zero-order valence-corrected chi connectivity index (χ0v) is 19.8. The Hall–Kier alpha value is -3.08. The number of rotatable bonds is 7. The number of fused-ring (bicyclic) bond motifs is 1. The van der Waals surface area contributed by atoms with E-state index in [1.165, 1.54) is 0 Å². The minimum Gasteiger partial charge on any atom is -0.462 e. The van der Waals surface area contributed by atoms with Crippen molar-refractivity contribution in [1.82, 2.24) is 4.40 Å². The van der Waals surface area contributed by atoms with Gasteiger partial charge in [-0.1, -0.05) is 51.1 Å². The fourth-order valence-corrected chi connectivity index (χ4v) is 4.30. The lowest BCUT2D eigenvalue weighted by atomic mass is 9.76. The molecule has 1 unspecified atom stereocenters. The highest BCUT2D eigenvalue weighted by Crippen LogP contribution is 2.37. The molecule has 1 atom stereocenters. The number of aromatic nitrogens is 1. The van der Waals surface area contributed by atoms with Crippen molar-refractivity contribution in [1.29, 1.82) is 0 Å². The molecule has 5 heteroatoms. The molecule has 3 rings (SSSR count). The van der Waals surface area contributed by atoms with E-state index >= 15 is 0 Å². The first-order chi connectivity index (χ1) is 15.0. The second-order valence-electron chi connectivity index (χ2n) is 10.0. The Morgan fingerprint density at radius 1 is 0.969 bits per heavy atom. The SMILES string of the molecule is CCOC(=O)c1cc(C(OC(=O)C(C)(C)CC(C)(C)C)c2ccccc2)n2cccc2c1. The molecule has 3 aromatic rings. The molecule has 5 nitrogen and oxygen atoms in total.